The number of anilines is 1. The quantitative estimate of drug-likeness (QED) is 0.550. The van der Waals surface area contributed by atoms with Crippen molar-refractivity contribution in [3.63, 3.8) is 0 Å². The van der Waals surface area contributed by atoms with Gasteiger partial charge in [0.25, 0.3) is 5.91 Å². The monoisotopic (exact) mass is 437 g/mol. The van der Waals surface area contributed by atoms with Gasteiger partial charge in [0.1, 0.15) is 5.00 Å². The standard InChI is InChI=1S/C19H23N3O5S2/c1-5-27-19(26)15-10(2)16(17(25)20-4)29-18(15)22-14(24)9-12(21-11(3)23)13-7-6-8-28-13/h6-8,12H,5,9H2,1-4H3,(H,20,25)(H,21,23)(H,22,24)/t12-/m0/s1. The fourth-order valence-electron chi connectivity index (χ4n) is 2.70. The van der Waals surface area contributed by atoms with Crippen molar-refractivity contribution < 1.29 is 23.9 Å². The maximum atomic E-state index is 12.7. The summed E-state index contributed by atoms with van der Waals surface area (Å²) < 4.78 is 5.08. The van der Waals surface area contributed by atoms with Crippen LogP contribution in [0.3, 0.4) is 0 Å². The predicted octanol–water partition coefficient (Wildman–Crippen LogP) is 2.86. The van der Waals surface area contributed by atoms with E-state index < -0.39 is 17.9 Å². The van der Waals surface area contributed by atoms with Crippen LogP contribution in [0.4, 0.5) is 5.00 Å². The number of thiophene rings is 2. The number of carbonyl (C=O) groups excluding carboxylic acids is 4. The highest BCUT2D eigenvalue weighted by Crippen LogP contribution is 2.34. The molecule has 0 radical (unpaired) electrons. The van der Waals surface area contributed by atoms with E-state index >= 15 is 0 Å². The van der Waals surface area contributed by atoms with Crippen LogP contribution in [-0.4, -0.2) is 37.3 Å². The molecule has 0 aromatic carbocycles. The summed E-state index contributed by atoms with van der Waals surface area (Å²) in [4.78, 5) is 49.9. The molecular formula is C19H23N3O5S2. The van der Waals surface area contributed by atoms with Gasteiger partial charge < -0.3 is 20.7 Å². The lowest BCUT2D eigenvalue weighted by molar-refractivity contribution is -0.120. The van der Waals surface area contributed by atoms with E-state index in [1.165, 1.54) is 25.3 Å². The molecule has 29 heavy (non-hydrogen) atoms. The van der Waals surface area contributed by atoms with Crippen LogP contribution in [0.5, 0.6) is 0 Å². The first-order valence-electron chi connectivity index (χ1n) is 8.91. The number of esters is 1. The highest BCUT2D eigenvalue weighted by Gasteiger charge is 2.27. The molecule has 10 heteroatoms. The van der Waals surface area contributed by atoms with Crippen LogP contribution < -0.4 is 16.0 Å². The highest BCUT2D eigenvalue weighted by molar-refractivity contribution is 7.18. The van der Waals surface area contributed by atoms with Crippen molar-refractivity contribution in [2.24, 2.45) is 0 Å². The number of carbonyl (C=O) groups is 4. The normalized spacial score (nSPS) is 11.4. The molecule has 3 N–H and O–H groups in total. The maximum Gasteiger partial charge on any atom is 0.341 e. The van der Waals surface area contributed by atoms with Crippen LogP contribution in [0.15, 0.2) is 17.5 Å². The summed E-state index contributed by atoms with van der Waals surface area (Å²) in [7, 11) is 1.49. The molecule has 0 spiro atoms. The lowest BCUT2D eigenvalue weighted by atomic mass is 10.1. The molecule has 2 heterocycles. The molecule has 0 saturated heterocycles. The molecule has 0 aliphatic heterocycles. The molecule has 0 bridgehead atoms. The first-order valence-corrected chi connectivity index (χ1v) is 10.6. The van der Waals surface area contributed by atoms with Gasteiger partial charge in [-0.3, -0.25) is 14.4 Å². The van der Waals surface area contributed by atoms with Crippen LogP contribution >= 0.6 is 22.7 Å². The third kappa shape index (κ3) is 5.64. The van der Waals surface area contributed by atoms with E-state index in [0.29, 0.717) is 10.4 Å². The maximum absolute atomic E-state index is 12.7. The SMILES string of the molecule is CCOC(=O)c1c(NC(=O)C[C@H](NC(C)=O)c2cccs2)sc(C(=O)NC)c1C. The van der Waals surface area contributed by atoms with Crippen LogP contribution in [0.25, 0.3) is 0 Å². The minimum absolute atomic E-state index is 0.0192. The molecule has 0 unspecified atom stereocenters. The van der Waals surface area contributed by atoms with Crippen LogP contribution in [0.1, 0.15) is 56.8 Å². The Balaban J connectivity index is 2.29. The van der Waals surface area contributed by atoms with Gasteiger partial charge in [0, 0.05) is 18.8 Å². The Morgan fingerprint density at radius 3 is 2.52 bits per heavy atom. The molecule has 2 rings (SSSR count). The fraction of sp³-hybridized carbons (Fsp3) is 0.368. The molecule has 3 amide bonds. The number of ether oxygens (including phenoxy) is 1. The average molecular weight is 438 g/mol. The molecule has 0 aliphatic carbocycles. The summed E-state index contributed by atoms with van der Waals surface area (Å²) >= 11 is 2.44. The van der Waals surface area contributed by atoms with E-state index in [2.05, 4.69) is 16.0 Å². The summed E-state index contributed by atoms with van der Waals surface area (Å²) in [5.41, 5.74) is 0.607. The number of hydrogen-bond donors (Lipinski definition) is 3. The van der Waals surface area contributed by atoms with E-state index in [1.807, 2.05) is 17.5 Å². The van der Waals surface area contributed by atoms with Crippen LogP contribution in [-0.2, 0) is 14.3 Å². The Bertz CT molecular complexity index is 905. The van der Waals surface area contributed by atoms with Crippen molar-refractivity contribution in [3.05, 3.63) is 38.4 Å². The molecular weight excluding hydrogens is 414 g/mol. The molecule has 2 aromatic rings. The second-order valence-corrected chi connectivity index (χ2v) is 8.08. The summed E-state index contributed by atoms with van der Waals surface area (Å²) in [6.45, 7) is 4.86. The van der Waals surface area contributed by atoms with E-state index in [1.54, 1.807) is 13.8 Å². The van der Waals surface area contributed by atoms with Crippen LogP contribution in [0, 0.1) is 6.92 Å². The largest absolute Gasteiger partial charge is 0.462 e. The average Bonchev–Trinajstić information content (AvgIpc) is 3.28. The number of amides is 3. The predicted molar refractivity (Wildman–Crippen MR) is 113 cm³/mol. The molecule has 2 aromatic heterocycles. The van der Waals surface area contributed by atoms with Crippen molar-refractivity contribution in [1.82, 2.24) is 10.6 Å². The van der Waals surface area contributed by atoms with Crippen molar-refractivity contribution >= 4 is 51.4 Å². The zero-order chi connectivity index (χ0) is 21.6. The highest BCUT2D eigenvalue weighted by atomic mass is 32.1. The van der Waals surface area contributed by atoms with Gasteiger partial charge in [-0.1, -0.05) is 6.07 Å². The smallest absolute Gasteiger partial charge is 0.341 e. The first kappa shape index (κ1) is 22.6. The van der Waals surface area contributed by atoms with Gasteiger partial charge in [-0.2, -0.15) is 0 Å². The number of nitrogens with one attached hydrogen (secondary N) is 3. The lowest BCUT2D eigenvalue weighted by Crippen LogP contribution is -2.29. The minimum Gasteiger partial charge on any atom is -0.462 e. The van der Waals surface area contributed by atoms with Gasteiger partial charge in [-0.15, -0.1) is 22.7 Å². The van der Waals surface area contributed by atoms with Gasteiger partial charge in [0.15, 0.2) is 0 Å². The first-order chi connectivity index (χ1) is 13.8. The van der Waals surface area contributed by atoms with Crippen LogP contribution in [0.2, 0.25) is 0 Å². The van der Waals surface area contributed by atoms with Crippen molar-refractivity contribution in [2.75, 3.05) is 19.0 Å². The Kier molecular flexibility index (Phi) is 7.91. The summed E-state index contributed by atoms with van der Waals surface area (Å²) in [5, 5.41) is 10.1. The van der Waals surface area contributed by atoms with Gasteiger partial charge in [-0.05, 0) is 30.9 Å². The van der Waals surface area contributed by atoms with Gasteiger partial charge in [0.2, 0.25) is 11.8 Å². The van der Waals surface area contributed by atoms with Gasteiger partial charge >= 0.3 is 5.97 Å². The Labute approximate surface area is 176 Å². The molecule has 8 nitrogen and oxygen atoms in total. The van der Waals surface area contributed by atoms with Crippen molar-refractivity contribution in [2.45, 2.75) is 33.2 Å². The fourth-order valence-corrected chi connectivity index (χ4v) is 4.64. The molecule has 0 fully saturated rings. The second kappa shape index (κ2) is 10.2. The Hall–Kier alpha value is -2.72. The molecule has 156 valence electrons. The van der Waals surface area contributed by atoms with Crippen molar-refractivity contribution in [1.29, 1.82) is 0 Å². The van der Waals surface area contributed by atoms with Gasteiger partial charge in [0.05, 0.1) is 29.5 Å². The number of rotatable bonds is 8. The Morgan fingerprint density at radius 2 is 1.97 bits per heavy atom. The molecule has 1 atom stereocenters. The lowest BCUT2D eigenvalue weighted by Gasteiger charge is -2.16. The van der Waals surface area contributed by atoms with E-state index in [-0.39, 0.29) is 35.4 Å². The summed E-state index contributed by atoms with van der Waals surface area (Å²) in [6, 6.07) is 3.18. The zero-order valence-electron chi connectivity index (χ0n) is 16.6. The molecule has 0 aliphatic rings. The van der Waals surface area contributed by atoms with E-state index in [9.17, 15) is 19.2 Å². The summed E-state index contributed by atoms with van der Waals surface area (Å²) in [5.74, 6) is -1.61. The third-order valence-corrected chi connectivity index (χ3v) is 6.16. The topological polar surface area (TPSA) is 114 Å². The summed E-state index contributed by atoms with van der Waals surface area (Å²) in [6.07, 6.45) is -0.0192. The second-order valence-electron chi connectivity index (χ2n) is 6.08. The third-order valence-electron chi connectivity index (χ3n) is 3.97. The Morgan fingerprint density at radius 1 is 1.24 bits per heavy atom. The minimum atomic E-state index is -0.608. The van der Waals surface area contributed by atoms with Crippen molar-refractivity contribution in [3.8, 4) is 0 Å². The zero-order valence-corrected chi connectivity index (χ0v) is 18.2. The van der Waals surface area contributed by atoms with E-state index in [0.717, 1.165) is 16.2 Å². The van der Waals surface area contributed by atoms with Gasteiger partial charge in [-0.25, -0.2) is 4.79 Å². The van der Waals surface area contributed by atoms with E-state index in [4.69, 9.17) is 4.74 Å². The number of hydrogen-bond acceptors (Lipinski definition) is 7. The molecule has 0 saturated carbocycles.